The highest BCUT2D eigenvalue weighted by Gasteiger charge is 2.06. The van der Waals surface area contributed by atoms with Crippen LogP contribution in [0.5, 0.6) is 0 Å². The van der Waals surface area contributed by atoms with Crippen LogP contribution in [-0.2, 0) is 6.42 Å². The van der Waals surface area contributed by atoms with E-state index in [1.165, 1.54) is 17.5 Å². The van der Waals surface area contributed by atoms with Gasteiger partial charge in [0, 0.05) is 24.0 Å². The number of rotatable bonds is 3. The van der Waals surface area contributed by atoms with Crippen molar-refractivity contribution < 1.29 is 0 Å². The van der Waals surface area contributed by atoms with Gasteiger partial charge in [-0.05, 0) is 24.5 Å². The van der Waals surface area contributed by atoms with Gasteiger partial charge in [-0.2, -0.15) is 0 Å². The Labute approximate surface area is 95.4 Å². The quantitative estimate of drug-likeness (QED) is 0.848. The lowest BCUT2D eigenvalue weighted by Crippen LogP contribution is -2.18. The standard InChI is InChI=1S/C13H15N3/c1-10(14)6-11-4-2-3-5-13(11)12-7-15-9-16-8-12/h2-5,7-10H,6,14H2,1H3. The van der Waals surface area contributed by atoms with E-state index in [1.807, 2.05) is 31.5 Å². The Morgan fingerprint density at radius 1 is 1.19 bits per heavy atom. The van der Waals surface area contributed by atoms with Gasteiger partial charge in [0.2, 0.25) is 0 Å². The van der Waals surface area contributed by atoms with Crippen LogP contribution >= 0.6 is 0 Å². The van der Waals surface area contributed by atoms with Crippen molar-refractivity contribution in [1.29, 1.82) is 0 Å². The second-order valence-electron chi connectivity index (χ2n) is 3.97. The first-order valence-corrected chi connectivity index (χ1v) is 5.36. The summed E-state index contributed by atoms with van der Waals surface area (Å²) in [6.45, 7) is 2.01. The lowest BCUT2D eigenvalue weighted by molar-refractivity contribution is 0.739. The Bertz CT molecular complexity index is 452. The van der Waals surface area contributed by atoms with E-state index in [4.69, 9.17) is 5.73 Å². The number of nitrogens with zero attached hydrogens (tertiary/aromatic N) is 2. The number of hydrogen-bond acceptors (Lipinski definition) is 3. The molecule has 0 aliphatic heterocycles. The molecule has 1 aromatic heterocycles. The second kappa shape index (κ2) is 4.86. The minimum absolute atomic E-state index is 0.158. The van der Waals surface area contributed by atoms with E-state index < -0.39 is 0 Å². The fraction of sp³-hybridized carbons (Fsp3) is 0.231. The van der Waals surface area contributed by atoms with E-state index in [2.05, 4.69) is 22.1 Å². The molecule has 2 N–H and O–H groups in total. The topological polar surface area (TPSA) is 51.8 Å². The van der Waals surface area contributed by atoms with Gasteiger partial charge in [0.05, 0.1) is 0 Å². The van der Waals surface area contributed by atoms with E-state index >= 15 is 0 Å². The van der Waals surface area contributed by atoms with Gasteiger partial charge >= 0.3 is 0 Å². The highest BCUT2D eigenvalue weighted by atomic mass is 14.8. The predicted molar refractivity (Wildman–Crippen MR) is 64.8 cm³/mol. The van der Waals surface area contributed by atoms with Gasteiger partial charge < -0.3 is 5.73 Å². The third kappa shape index (κ3) is 2.44. The van der Waals surface area contributed by atoms with Gasteiger partial charge in [0.15, 0.2) is 0 Å². The van der Waals surface area contributed by atoms with Gasteiger partial charge in [0.25, 0.3) is 0 Å². The number of hydrogen-bond donors (Lipinski definition) is 1. The van der Waals surface area contributed by atoms with Gasteiger partial charge in [-0.1, -0.05) is 24.3 Å². The Balaban J connectivity index is 2.41. The van der Waals surface area contributed by atoms with Crippen molar-refractivity contribution >= 4 is 0 Å². The minimum Gasteiger partial charge on any atom is -0.328 e. The SMILES string of the molecule is CC(N)Cc1ccccc1-c1cncnc1. The molecule has 0 spiro atoms. The highest BCUT2D eigenvalue weighted by molar-refractivity contribution is 5.65. The van der Waals surface area contributed by atoms with Crippen LogP contribution in [-0.4, -0.2) is 16.0 Å². The van der Waals surface area contributed by atoms with Crippen LogP contribution in [0.15, 0.2) is 43.0 Å². The van der Waals surface area contributed by atoms with Gasteiger partial charge in [0.1, 0.15) is 6.33 Å². The maximum absolute atomic E-state index is 5.84. The molecule has 0 aliphatic carbocycles. The molecule has 0 fully saturated rings. The summed E-state index contributed by atoms with van der Waals surface area (Å²) in [6.07, 6.45) is 6.06. The Morgan fingerprint density at radius 2 is 1.88 bits per heavy atom. The summed E-state index contributed by atoms with van der Waals surface area (Å²) in [5.41, 5.74) is 9.29. The summed E-state index contributed by atoms with van der Waals surface area (Å²) < 4.78 is 0. The molecule has 1 heterocycles. The Hall–Kier alpha value is -1.74. The molecule has 3 nitrogen and oxygen atoms in total. The first-order valence-electron chi connectivity index (χ1n) is 5.36. The summed E-state index contributed by atoms with van der Waals surface area (Å²) >= 11 is 0. The zero-order valence-corrected chi connectivity index (χ0v) is 9.30. The van der Waals surface area contributed by atoms with Crippen LogP contribution in [0.4, 0.5) is 0 Å². The number of benzene rings is 1. The maximum Gasteiger partial charge on any atom is 0.115 e. The number of nitrogens with two attached hydrogens (primary N) is 1. The van der Waals surface area contributed by atoms with Crippen molar-refractivity contribution in [2.24, 2.45) is 5.73 Å². The summed E-state index contributed by atoms with van der Waals surface area (Å²) in [5.74, 6) is 0. The highest BCUT2D eigenvalue weighted by Crippen LogP contribution is 2.22. The zero-order chi connectivity index (χ0) is 11.4. The fourth-order valence-electron chi connectivity index (χ4n) is 1.76. The first kappa shape index (κ1) is 10.8. The van der Waals surface area contributed by atoms with Gasteiger partial charge in [-0.3, -0.25) is 0 Å². The molecular weight excluding hydrogens is 198 g/mol. The monoisotopic (exact) mass is 213 g/mol. The summed E-state index contributed by atoms with van der Waals surface area (Å²) in [4.78, 5) is 8.08. The predicted octanol–water partition coefficient (Wildman–Crippen LogP) is 2.03. The van der Waals surface area contributed by atoms with Crippen LogP contribution in [0.1, 0.15) is 12.5 Å². The molecule has 3 heteroatoms. The average Bonchev–Trinajstić information content (AvgIpc) is 2.30. The second-order valence-corrected chi connectivity index (χ2v) is 3.97. The van der Waals surface area contributed by atoms with E-state index in [1.54, 1.807) is 0 Å². The largest absolute Gasteiger partial charge is 0.328 e. The van der Waals surface area contributed by atoms with E-state index in [9.17, 15) is 0 Å². The van der Waals surface area contributed by atoms with Crippen molar-refractivity contribution in [2.75, 3.05) is 0 Å². The van der Waals surface area contributed by atoms with Gasteiger partial charge in [-0.15, -0.1) is 0 Å². The Kier molecular flexibility index (Phi) is 3.27. The molecule has 1 unspecified atom stereocenters. The normalized spacial score (nSPS) is 12.4. The summed E-state index contributed by atoms with van der Waals surface area (Å²) in [6, 6.07) is 8.39. The number of aromatic nitrogens is 2. The molecule has 0 bridgehead atoms. The molecule has 0 radical (unpaired) electrons. The van der Waals surface area contributed by atoms with Crippen LogP contribution in [0, 0.1) is 0 Å². The molecular formula is C13H15N3. The first-order chi connectivity index (χ1) is 7.77. The van der Waals surface area contributed by atoms with E-state index in [-0.39, 0.29) is 6.04 Å². The molecule has 16 heavy (non-hydrogen) atoms. The molecule has 1 atom stereocenters. The van der Waals surface area contributed by atoms with Crippen molar-refractivity contribution in [3.8, 4) is 11.1 Å². The molecule has 82 valence electrons. The maximum atomic E-state index is 5.84. The van der Waals surface area contributed by atoms with Crippen molar-refractivity contribution in [3.63, 3.8) is 0 Å². The van der Waals surface area contributed by atoms with Crippen LogP contribution < -0.4 is 5.73 Å². The summed E-state index contributed by atoms with van der Waals surface area (Å²) in [5, 5.41) is 0. The summed E-state index contributed by atoms with van der Waals surface area (Å²) in [7, 11) is 0. The molecule has 2 rings (SSSR count). The van der Waals surface area contributed by atoms with Crippen LogP contribution in [0.25, 0.3) is 11.1 Å². The average molecular weight is 213 g/mol. The smallest absolute Gasteiger partial charge is 0.115 e. The molecule has 0 saturated heterocycles. The van der Waals surface area contributed by atoms with Crippen molar-refractivity contribution in [3.05, 3.63) is 48.5 Å². The fourth-order valence-corrected chi connectivity index (χ4v) is 1.76. The van der Waals surface area contributed by atoms with Crippen molar-refractivity contribution in [1.82, 2.24) is 9.97 Å². The molecule has 2 aromatic rings. The van der Waals surface area contributed by atoms with Gasteiger partial charge in [-0.25, -0.2) is 9.97 Å². The van der Waals surface area contributed by atoms with Crippen molar-refractivity contribution in [2.45, 2.75) is 19.4 Å². The molecule has 1 aromatic carbocycles. The van der Waals surface area contributed by atoms with E-state index in [0.717, 1.165) is 12.0 Å². The third-order valence-electron chi connectivity index (χ3n) is 2.43. The lowest BCUT2D eigenvalue weighted by Gasteiger charge is -2.10. The van der Waals surface area contributed by atoms with E-state index in [0.29, 0.717) is 0 Å². The zero-order valence-electron chi connectivity index (χ0n) is 9.30. The lowest BCUT2D eigenvalue weighted by atomic mass is 9.97. The van der Waals surface area contributed by atoms with Crippen LogP contribution in [0.3, 0.4) is 0 Å². The third-order valence-corrected chi connectivity index (χ3v) is 2.43. The van der Waals surface area contributed by atoms with Crippen LogP contribution in [0.2, 0.25) is 0 Å². The Morgan fingerprint density at radius 3 is 2.56 bits per heavy atom. The minimum atomic E-state index is 0.158. The molecule has 0 amide bonds. The molecule has 0 aliphatic rings. The molecule has 0 saturated carbocycles.